The van der Waals surface area contributed by atoms with Gasteiger partial charge in [-0.2, -0.15) is 0 Å². The molecule has 0 saturated carbocycles. The van der Waals surface area contributed by atoms with Crippen LogP contribution >= 0.6 is 0 Å². The van der Waals surface area contributed by atoms with Crippen LogP contribution in [-0.2, 0) is 24.4 Å². The molecule has 0 amide bonds. The van der Waals surface area contributed by atoms with Crippen molar-refractivity contribution in [2.45, 2.75) is 19.7 Å². The van der Waals surface area contributed by atoms with Crippen molar-refractivity contribution in [1.29, 1.82) is 0 Å². The van der Waals surface area contributed by atoms with E-state index in [9.17, 15) is 4.39 Å². The molecule has 2 aromatic rings. The molecule has 2 nitrogen and oxygen atoms in total. The largest absolute Gasteiger partial charge is 0.380 e. The number of hydrogen-bond acceptors (Lipinski definition) is 2. The smallest absolute Gasteiger partial charge is 0.123 e. The molecule has 0 aliphatic carbocycles. The molecule has 0 aliphatic rings. The molecule has 0 unspecified atom stereocenters. The Morgan fingerprint density at radius 1 is 0.947 bits per heavy atom. The number of nitrogens with one attached hydrogen (secondary N) is 1. The van der Waals surface area contributed by atoms with E-state index in [4.69, 9.17) is 4.74 Å². The van der Waals surface area contributed by atoms with E-state index in [1.165, 1.54) is 23.3 Å². The molecule has 2 aromatic carbocycles. The molecule has 0 saturated heterocycles. The Kier molecular flexibility index (Phi) is 5.07. The molecule has 0 aromatic heterocycles. The SMILES string of the molecule is COCc1cccc(CNCc2ccc(F)cc2)c1. The second-order valence-electron chi connectivity index (χ2n) is 4.48. The van der Waals surface area contributed by atoms with Gasteiger partial charge in [-0.05, 0) is 28.8 Å². The quantitative estimate of drug-likeness (QED) is 0.859. The van der Waals surface area contributed by atoms with E-state index < -0.39 is 0 Å². The van der Waals surface area contributed by atoms with E-state index >= 15 is 0 Å². The maximum absolute atomic E-state index is 12.8. The molecule has 0 radical (unpaired) electrons. The highest BCUT2D eigenvalue weighted by Crippen LogP contribution is 2.07. The topological polar surface area (TPSA) is 21.3 Å². The van der Waals surface area contributed by atoms with Crippen molar-refractivity contribution >= 4 is 0 Å². The number of methoxy groups -OCH3 is 1. The van der Waals surface area contributed by atoms with Crippen LogP contribution < -0.4 is 5.32 Å². The fourth-order valence-electron chi connectivity index (χ4n) is 1.95. The minimum atomic E-state index is -0.198. The van der Waals surface area contributed by atoms with Gasteiger partial charge in [-0.15, -0.1) is 0 Å². The van der Waals surface area contributed by atoms with Crippen molar-refractivity contribution < 1.29 is 9.13 Å². The Morgan fingerprint density at radius 2 is 1.63 bits per heavy atom. The minimum Gasteiger partial charge on any atom is -0.380 e. The van der Waals surface area contributed by atoms with Crippen molar-refractivity contribution in [2.24, 2.45) is 0 Å². The van der Waals surface area contributed by atoms with E-state index in [2.05, 4.69) is 17.4 Å². The van der Waals surface area contributed by atoms with Gasteiger partial charge in [0.15, 0.2) is 0 Å². The molecular weight excluding hydrogens is 241 g/mol. The van der Waals surface area contributed by atoms with Gasteiger partial charge in [0.05, 0.1) is 6.61 Å². The van der Waals surface area contributed by atoms with Crippen molar-refractivity contribution in [3.05, 3.63) is 71.0 Å². The molecule has 0 atom stereocenters. The van der Waals surface area contributed by atoms with Gasteiger partial charge in [-0.3, -0.25) is 0 Å². The molecular formula is C16H18FNO. The molecule has 19 heavy (non-hydrogen) atoms. The van der Waals surface area contributed by atoms with Crippen LogP contribution in [0.2, 0.25) is 0 Å². The first-order valence-electron chi connectivity index (χ1n) is 6.30. The van der Waals surface area contributed by atoms with Gasteiger partial charge in [0, 0.05) is 20.2 Å². The molecule has 0 aliphatic heterocycles. The number of ether oxygens (including phenoxy) is 1. The van der Waals surface area contributed by atoms with Gasteiger partial charge in [0.1, 0.15) is 5.82 Å². The van der Waals surface area contributed by atoms with Crippen molar-refractivity contribution in [2.75, 3.05) is 7.11 Å². The second-order valence-corrected chi connectivity index (χ2v) is 4.48. The van der Waals surface area contributed by atoms with Crippen LogP contribution in [0, 0.1) is 5.82 Å². The van der Waals surface area contributed by atoms with Gasteiger partial charge in [-0.25, -0.2) is 4.39 Å². The minimum absolute atomic E-state index is 0.198. The zero-order chi connectivity index (χ0) is 13.5. The lowest BCUT2D eigenvalue weighted by Crippen LogP contribution is -2.12. The lowest BCUT2D eigenvalue weighted by atomic mass is 10.1. The van der Waals surface area contributed by atoms with Crippen LogP contribution in [-0.4, -0.2) is 7.11 Å². The first-order valence-corrected chi connectivity index (χ1v) is 6.30. The van der Waals surface area contributed by atoms with Gasteiger partial charge >= 0.3 is 0 Å². The number of halogens is 1. The van der Waals surface area contributed by atoms with Crippen LogP contribution in [0.25, 0.3) is 0 Å². The zero-order valence-electron chi connectivity index (χ0n) is 11.0. The molecule has 0 fully saturated rings. The maximum Gasteiger partial charge on any atom is 0.123 e. The van der Waals surface area contributed by atoms with Crippen molar-refractivity contribution in [1.82, 2.24) is 5.32 Å². The first kappa shape index (κ1) is 13.7. The summed E-state index contributed by atoms with van der Waals surface area (Å²) in [5.74, 6) is -0.198. The standard InChI is InChI=1S/C16H18FNO/c1-19-12-15-4-2-3-14(9-15)11-18-10-13-5-7-16(17)8-6-13/h2-9,18H,10-12H2,1H3. The fourth-order valence-corrected chi connectivity index (χ4v) is 1.95. The Labute approximate surface area is 113 Å². The highest BCUT2D eigenvalue weighted by molar-refractivity contribution is 5.23. The molecule has 0 heterocycles. The number of rotatable bonds is 6. The summed E-state index contributed by atoms with van der Waals surface area (Å²) in [5.41, 5.74) is 3.47. The van der Waals surface area contributed by atoms with Crippen LogP contribution in [0.3, 0.4) is 0 Å². The monoisotopic (exact) mass is 259 g/mol. The predicted molar refractivity (Wildman–Crippen MR) is 74.1 cm³/mol. The summed E-state index contributed by atoms with van der Waals surface area (Å²) in [6, 6.07) is 14.8. The second kappa shape index (κ2) is 7.02. The molecule has 2 rings (SSSR count). The normalized spacial score (nSPS) is 10.6. The average molecular weight is 259 g/mol. The number of benzene rings is 2. The predicted octanol–water partition coefficient (Wildman–Crippen LogP) is 3.26. The Balaban J connectivity index is 1.85. The Morgan fingerprint density at radius 3 is 2.37 bits per heavy atom. The van der Waals surface area contributed by atoms with Gasteiger partial charge in [0.25, 0.3) is 0 Å². The summed E-state index contributed by atoms with van der Waals surface area (Å²) < 4.78 is 17.9. The summed E-state index contributed by atoms with van der Waals surface area (Å²) in [6.07, 6.45) is 0. The van der Waals surface area contributed by atoms with Crippen molar-refractivity contribution in [3.63, 3.8) is 0 Å². The average Bonchev–Trinajstić information content (AvgIpc) is 2.42. The van der Waals surface area contributed by atoms with Gasteiger partial charge in [0.2, 0.25) is 0 Å². The third-order valence-electron chi connectivity index (χ3n) is 2.87. The Hall–Kier alpha value is -1.71. The first-order chi connectivity index (χ1) is 9.28. The van der Waals surface area contributed by atoms with Gasteiger partial charge < -0.3 is 10.1 Å². The summed E-state index contributed by atoms with van der Waals surface area (Å²) in [6.45, 7) is 2.15. The molecule has 3 heteroatoms. The highest BCUT2D eigenvalue weighted by atomic mass is 19.1. The van der Waals surface area contributed by atoms with Crippen LogP contribution in [0.1, 0.15) is 16.7 Å². The highest BCUT2D eigenvalue weighted by Gasteiger charge is 1.97. The van der Waals surface area contributed by atoms with Crippen LogP contribution in [0.4, 0.5) is 4.39 Å². The zero-order valence-corrected chi connectivity index (χ0v) is 11.0. The van der Waals surface area contributed by atoms with E-state index in [1.807, 2.05) is 12.1 Å². The Bertz CT molecular complexity index is 510. The van der Waals surface area contributed by atoms with E-state index in [0.717, 1.165) is 18.7 Å². The molecule has 1 N–H and O–H groups in total. The molecule has 0 bridgehead atoms. The summed E-state index contributed by atoms with van der Waals surface area (Å²) in [7, 11) is 1.69. The molecule has 0 spiro atoms. The van der Waals surface area contributed by atoms with Crippen LogP contribution in [0.15, 0.2) is 48.5 Å². The molecule has 100 valence electrons. The lowest BCUT2D eigenvalue weighted by molar-refractivity contribution is 0.185. The van der Waals surface area contributed by atoms with E-state index in [-0.39, 0.29) is 5.82 Å². The fraction of sp³-hybridized carbons (Fsp3) is 0.250. The maximum atomic E-state index is 12.8. The van der Waals surface area contributed by atoms with Crippen molar-refractivity contribution in [3.8, 4) is 0 Å². The number of hydrogen-bond donors (Lipinski definition) is 1. The van der Waals surface area contributed by atoms with Crippen LogP contribution in [0.5, 0.6) is 0 Å². The summed E-state index contributed by atoms with van der Waals surface area (Å²) in [5, 5.41) is 3.34. The third-order valence-corrected chi connectivity index (χ3v) is 2.87. The van der Waals surface area contributed by atoms with E-state index in [0.29, 0.717) is 6.61 Å². The third kappa shape index (κ3) is 4.47. The summed E-state index contributed by atoms with van der Waals surface area (Å²) in [4.78, 5) is 0. The van der Waals surface area contributed by atoms with E-state index in [1.54, 1.807) is 19.2 Å². The lowest BCUT2D eigenvalue weighted by Gasteiger charge is -2.07. The van der Waals surface area contributed by atoms with Gasteiger partial charge in [-0.1, -0.05) is 36.4 Å². The summed E-state index contributed by atoms with van der Waals surface area (Å²) >= 11 is 0.